The van der Waals surface area contributed by atoms with Crippen LogP contribution in [0, 0.1) is 6.92 Å². The van der Waals surface area contributed by atoms with Gasteiger partial charge in [-0.25, -0.2) is 9.59 Å². The first-order chi connectivity index (χ1) is 15.2. The first kappa shape index (κ1) is 22.9. The highest BCUT2D eigenvalue weighted by Crippen LogP contribution is 2.36. The molecular weight excluding hydrogens is 408 g/mol. The maximum atomic E-state index is 12.4. The molecular formula is C24H26N4O4. The zero-order chi connectivity index (χ0) is 23.4. The second-order valence-corrected chi connectivity index (χ2v) is 8.28. The van der Waals surface area contributed by atoms with E-state index in [0.29, 0.717) is 17.0 Å². The van der Waals surface area contributed by atoms with Crippen LogP contribution in [0.5, 0.6) is 0 Å². The minimum Gasteiger partial charge on any atom is -0.444 e. The van der Waals surface area contributed by atoms with Gasteiger partial charge in [0.25, 0.3) is 0 Å². The molecule has 0 unspecified atom stereocenters. The minimum atomic E-state index is -0.629. The van der Waals surface area contributed by atoms with Crippen molar-refractivity contribution in [3.05, 3.63) is 79.5 Å². The van der Waals surface area contributed by atoms with Gasteiger partial charge in [0.2, 0.25) is 0 Å². The number of aryl methyl sites for hydroxylation is 1. The Morgan fingerprint density at radius 2 is 1.78 bits per heavy atom. The van der Waals surface area contributed by atoms with E-state index in [4.69, 9.17) is 14.7 Å². The predicted octanol–water partition coefficient (Wildman–Crippen LogP) is 7.04. The number of benzene rings is 2. The molecule has 1 aromatic heterocycles. The van der Waals surface area contributed by atoms with Gasteiger partial charge in [0.05, 0.1) is 0 Å². The van der Waals surface area contributed by atoms with E-state index in [1.807, 2.05) is 46.8 Å². The van der Waals surface area contributed by atoms with Crippen LogP contribution in [0.1, 0.15) is 61.8 Å². The van der Waals surface area contributed by atoms with Gasteiger partial charge in [0.15, 0.2) is 0 Å². The second-order valence-electron chi connectivity index (χ2n) is 8.28. The van der Waals surface area contributed by atoms with Gasteiger partial charge in [-0.2, -0.15) is 0 Å². The summed E-state index contributed by atoms with van der Waals surface area (Å²) in [6, 6.07) is 10.3. The molecule has 0 fully saturated rings. The number of nitrogens with zero attached hydrogens (tertiary/aromatic N) is 3. The summed E-state index contributed by atoms with van der Waals surface area (Å²) in [5.41, 5.74) is 13.4. The molecule has 1 N–H and O–H groups in total. The van der Waals surface area contributed by atoms with Crippen LogP contribution in [0.3, 0.4) is 0 Å². The molecule has 3 rings (SSSR count). The number of ether oxygens (including phenoxy) is 1. The lowest BCUT2D eigenvalue weighted by molar-refractivity contribution is 0.155. The molecule has 0 aliphatic carbocycles. The Kier molecular flexibility index (Phi) is 6.85. The molecule has 0 saturated heterocycles. The molecule has 2 aromatic carbocycles. The van der Waals surface area contributed by atoms with Crippen molar-refractivity contribution < 1.29 is 13.9 Å². The number of nitrogens with one attached hydrogen (secondary N) is 1. The Balaban J connectivity index is 1.79. The molecule has 1 heterocycles. The monoisotopic (exact) mass is 434 g/mol. The van der Waals surface area contributed by atoms with E-state index in [0.717, 1.165) is 27.6 Å². The Bertz CT molecular complexity index is 1240. The van der Waals surface area contributed by atoms with E-state index in [-0.39, 0.29) is 18.4 Å². The van der Waals surface area contributed by atoms with Gasteiger partial charge in [0, 0.05) is 33.8 Å². The minimum absolute atomic E-state index is 0.0591. The van der Waals surface area contributed by atoms with Crippen molar-refractivity contribution in [3.8, 4) is 0 Å². The van der Waals surface area contributed by atoms with Crippen LogP contribution in [0.2, 0.25) is 0 Å². The number of carbonyl (C=O) groups is 1. The molecule has 32 heavy (non-hydrogen) atoms. The first-order valence-electron chi connectivity index (χ1n) is 10.4. The van der Waals surface area contributed by atoms with Crippen molar-refractivity contribution >= 4 is 28.4 Å². The maximum absolute atomic E-state index is 12.4. The fourth-order valence-electron chi connectivity index (χ4n) is 3.57. The molecule has 0 aliphatic rings. The van der Waals surface area contributed by atoms with E-state index < -0.39 is 11.7 Å². The van der Waals surface area contributed by atoms with Crippen LogP contribution in [0.4, 0.5) is 16.2 Å². The van der Waals surface area contributed by atoms with Gasteiger partial charge >= 0.3 is 11.7 Å². The van der Waals surface area contributed by atoms with E-state index in [1.54, 1.807) is 18.2 Å². The quantitative estimate of drug-likeness (QED) is 0.194. The van der Waals surface area contributed by atoms with Crippen molar-refractivity contribution in [2.75, 3.05) is 5.32 Å². The standard InChI is InChI=1S/C24H26N4O4/c1-13(2)19-9-16(10-20(14(3)4)23(19)27-28-25)12-31-24(30)26-17-6-7-18-15(5)8-22(29)32-21(18)11-17/h6-11,13-14H,12H2,1-5H3,(H,26,30). The maximum Gasteiger partial charge on any atom is 0.411 e. The number of carbonyl (C=O) groups excluding carboxylic acids is 1. The van der Waals surface area contributed by atoms with E-state index in [9.17, 15) is 9.59 Å². The van der Waals surface area contributed by atoms with Gasteiger partial charge < -0.3 is 9.15 Å². The highest BCUT2D eigenvalue weighted by molar-refractivity contribution is 5.89. The third kappa shape index (κ3) is 5.10. The summed E-state index contributed by atoms with van der Waals surface area (Å²) in [6.45, 7) is 9.97. The molecule has 8 heteroatoms. The van der Waals surface area contributed by atoms with E-state index in [1.165, 1.54) is 6.07 Å². The molecule has 0 atom stereocenters. The van der Waals surface area contributed by atoms with Gasteiger partial charge in [-0.15, -0.1) is 0 Å². The van der Waals surface area contributed by atoms with Gasteiger partial charge in [0.1, 0.15) is 12.2 Å². The zero-order valence-corrected chi connectivity index (χ0v) is 18.8. The molecule has 8 nitrogen and oxygen atoms in total. The second kappa shape index (κ2) is 9.58. The molecule has 166 valence electrons. The number of fused-ring (bicyclic) bond motifs is 1. The number of azide groups is 1. The molecule has 1 amide bonds. The average molecular weight is 434 g/mol. The van der Waals surface area contributed by atoms with Crippen LogP contribution in [-0.2, 0) is 11.3 Å². The highest BCUT2D eigenvalue weighted by Gasteiger charge is 2.16. The lowest BCUT2D eigenvalue weighted by Gasteiger charge is -2.19. The molecule has 0 saturated carbocycles. The normalized spacial score (nSPS) is 11.0. The SMILES string of the molecule is Cc1cc(=O)oc2cc(NC(=O)OCc3cc(C(C)C)c(N=[N+]=[N-])c(C(C)C)c3)ccc12. The summed E-state index contributed by atoms with van der Waals surface area (Å²) >= 11 is 0. The fraction of sp³-hybridized carbons (Fsp3) is 0.333. The Labute approximate surface area is 185 Å². The first-order valence-corrected chi connectivity index (χ1v) is 10.4. The van der Waals surface area contributed by atoms with Gasteiger partial charge in [-0.3, -0.25) is 5.32 Å². The van der Waals surface area contributed by atoms with E-state index in [2.05, 4.69) is 15.3 Å². The van der Waals surface area contributed by atoms with Crippen LogP contribution in [0.15, 0.2) is 50.7 Å². The lowest BCUT2D eigenvalue weighted by Crippen LogP contribution is -2.14. The third-order valence-electron chi connectivity index (χ3n) is 5.19. The Morgan fingerprint density at radius 3 is 2.38 bits per heavy atom. The third-order valence-corrected chi connectivity index (χ3v) is 5.19. The number of anilines is 1. The number of hydrogen-bond acceptors (Lipinski definition) is 5. The molecule has 0 aliphatic heterocycles. The number of amides is 1. The molecule has 0 spiro atoms. The van der Waals surface area contributed by atoms with Crippen LogP contribution < -0.4 is 10.9 Å². The van der Waals surface area contributed by atoms with Crippen molar-refractivity contribution in [2.45, 2.75) is 53.1 Å². The number of hydrogen-bond donors (Lipinski definition) is 1. The van der Waals surface area contributed by atoms with Crippen LogP contribution in [-0.4, -0.2) is 6.09 Å². The van der Waals surface area contributed by atoms with Crippen LogP contribution in [0.25, 0.3) is 21.4 Å². The van der Waals surface area contributed by atoms with E-state index >= 15 is 0 Å². The molecule has 0 radical (unpaired) electrons. The zero-order valence-electron chi connectivity index (χ0n) is 18.8. The number of rotatable bonds is 6. The van der Waals surface area contributed by atoms with Crippen molar-refractivity contribution in [2.24, 2.45) is 5.11 Å². The predicted molar refractivity (Wildman–Crippen MR) is 124 cm³/mol. The summed E-state index contributed by atoms with van der Waals surface area (Å²) in [4.78, 5) is 27.0. The summed E-state index contributed by atoms with van der Waals surface area (Å²) in [6.07, 6.45) is -0.629. The van der Waals surface area contributed by atoms with Crippen molar-refractivity contribution in [1.29, 1.82) is 0 Å². The largest absolute Gasteiger partial charge is 0.444 e. The molecule has 3 aromatic rings. The summed E-state index contributed by atoms with van der Waals surface area (Å²) in [5, 5.41) is 7.36. The smallest absolute Gasteiger partial charge is 0.411 e. The summed E-state index contributed by atoms with van der Waals surface area (Å²) in [5.74, 6) is 0.273. The Morgan fingerprint density at radius 1 is 1.12 bits per heavy atom. The van der Waals surface area contributed by atoms with Gasteiger partial charge in [-0.1, -0.05) is 44.9 Å². The van der Waals surface area contributed by atoms with Crippen LogP contribution >= 0.6 is 0 Å². The van der Waals surface area contributed by atoms with Gasteiger partial charge in [-0.05, 0) is 58.7 Å². The van der Waals surface area contributed by atoms with Crippen molar-refractivity contribution in [1.82, 2.24) is 0 Å². The lowest BCUT2D eigenvalue weighted by atomic mass is 9.90. The molecule has 0 bridgehead atoms. The summed E-state index contributed by atoms with van der Waals surface area (Å²) < 4.78 is 10.6. The topological polar surface area (TPSA) is 117 Å². The average Bonchev–Trinajstić information content (AvgIpc) is 2.72. The summed E-state index contributed by atoms with van der Waals surface area (Å²) in [7, 11) is 0. The van der Waals surface area contributed by atoms with Crippen molar-refractivity contribution in [3.63, 3.8) is 0 Å². The highest BCUT2D eigenvalue weighted by atomic mass is 16.5. The fourth-order valence-corrected chi connectivity index (χ4v) is 3.57. The Hall–Kier alpha value is -3.77.